The summed E-state index contributed by atoms with van der Waals surface area (Å²) in [5, 5.41) is 1.32. The molecule has 0 amide bonds. The molecule has 1 saturated heterocycles. The van der Waals surface area contributed by atoms with Crippen molar-refractivity contribution < 1.29 is 23.7 Å². The van der Waals surface area contributed by atoms with Gasteiger partial charge in [-0.1, -0.05) is 18.2 Å². The second kappa shape index (κ2) is 13.5. The van der Waals surface area contributed by atoms with Crippen molar-refractivity contribution in [2.24, 2.45) is 5.92 Å². The van der Waals surface area contributed by atoms with E-state index in [-0.39, 0.29) is 0 Å². The Bertz CT molecular complexity index is 1160. The summed E-state index contributed by atoms with van der Waals surface area (Å²) in [4.78, 5) is 6.18. The van der Waals surface area contributed by atoms with E-state index in [0.29, 0.717) is 38.4 Å². The van der Waals surface area contributed by atoms with Crippen LogP contribution in [0.25, 0.3) is 10.9 Å². The molecule has 1 fully saturated rings. The van der Waals surface area contributed by atoms with E-state index in [4.69, 9.17) is 23.7 Å². The van der Waals surface area contributed by atoms with Gasteiger partial charge in [-0.15, -0.1) is 0 Å². The second-order valence-corrected chi connectivity index (χ2v) is 10.4. The van der Waals surface area contributed by atoms with E-state index >= 15 is 0 Å². The fourth-order valence-corrected chi connectivity index (χ4v) is 5.90. The third-order valence-electron chi connectivity index (χ3n) is 7.96. The van der Waals surface area contributed by atoms with Crippen LogP contribution in [0.2, 0.25) is 0 Å². The molecule has 38 heavy (non-hydrogen) atoms. The quantitative estimate of drug-likeness (QED) is 0.312. The summed E-state index contributed by atoms with van der Waals surface area (Å²) >= 11 is 0. The third-order valence-corrected chi connectivity index (χ3v) is 7.96. The molecule has 0 saturated carbocycles. The molecule has 3 aromatic rings. The number of H-pyrrole nitrogens is 1. The highest BCUT2D eigenvalue weighted by molar-refractivity contribution is 5.83. The molecule has 0 spiro atoms. The van der Waals surface area contributed by atoms with Crippen molar-refractivity contribution >= 4 is 10.9 Å². The monoisotopic (exact) mass is 522 g/mol. The normalized spacial score (nSPS) is 18.5. The van der Waals surface area contributed by atoms with E-state index in [1.165, 1.54) is 27.6 Å². The third kappa shape index (κ3) is 6.52. The summed E-state index contributed by atoms with van der Waals surface area (Å²) in [6.07, 6.45) is 7.57. The van der Waals surface area contributed by atoms with E-state index in [1.54, 1.807) is 14.2 Å². The summed E-state index contributed by atoms with van der Waals surface area (Å²) in [7, 11) is 3.39. The number of hydrogen-bond acceptors (Lipinski definition) is 6. The van der Waals surface area contributed by atoms with Crippen LogP contribution in [0.5, 0.6) is 11.5 Å². The molecular weight excluding hydrogens is 480 g/mol. The van der Waals surface area contributed by atoms with Gasteiger partial charge in [-0.2, -0.15) is 0 Å². The maximum atomic E-state index is 6.19. The number of methoxy groups -OCH3 is 2. The number of aryl methyl sites for hydroxylation is 1. The Morgan fingerprint density at radius 2 is 1.68 bits per heavy atom. The predicted octanol–water partition coefficient (Wildman–Crippen LogP) is 5.18. The van der Waals surface area contributed by atoms with E-state index in [0.717, 1.165) is 69.9 Å². The van der Waals surface area contributed by atoms with Crippen LogP contribution in [0, 0.1) is 5.92 Å². The molecule has 1 aromatic heterocycles. The van der Waals surface area contributed by atoms with Crippen LogP contribution in [0.15, 0.2) is 42.6 Å². The van der Waals surface area contributed by atoms with Crippen LogP contribution < -0.4 is 9.47 Å². The summed E-state index contributed by atoms with van der Waals surface area (Å²) in [6, 6.07) is 13.4. The van der Waals surface area contributed by atoms with Gasteiger partial charge >= 0.3 is 0 Å². The lowest BCUT2D eigenvalue weighted by molar-refractivity contribution is 0.0423. The van der Waals surface area contributed by atoms with Crippen LogP contribution in [0.1, 0.15) is 42.0 Å². The van der Waals surface area contributed by atoms with Crippen LogP contribution in [-0.2, 0) is 27.1 Å². The molecule has 2 aliphatic heterocycles. The van der Waals surface area contributed by atoms with Gasteiger partial charge in [0, 0.05) is 63.7 Å². The maximum absolute atomic E-state index is 6.19. The number of aromatic amines is 1. The summed E-state index contributed by atoms with van der Waals surface area (Å²) in [5.74, 6) is 2.28. The van der Waals surface area contributed by atoms with Gasteiger partial charge in [0.05, 0.1) is 13.2 Å². The van der Waals surface area contributed by atoms with E-state index < -0.39 is 0 Å². The van der Waals surface area contributed by atoms with Gasteiger partial charge < -0.3 is 28.7 Å². The van der Waals surface area contributed by atoms with Crippen molar-refractivity contribution in [2.45, 2.75) is 38.1 Å². The fourth-order valence-electron chi connectivity index (χ4n) is 5.90. The lowest BCUT2D eigenvalue weighted by Gasteiger charge is -2.40. The average Bonchev–Trinajstić information content (AvgIpc) is 3.36. The van der Waals surface area contributed by atoms with E-state index in [2.05, 4.69) is 52.5 Å². The Morgan fingerprint density at radius 1 is 0.947 bits per heavy atom. The maximum Gasteiger partial charge on any atom is 0.161 e. The first-order valence-electron chi connectivity index (χ1n) is 14.0. The minimum atomic E-state index is 0.327. The predicted molar refractivity (Wildman–Crippen MR) is 149 cm³/mol. The molecular formula is C31H42N2O5. The lowest BCUT2D eigenvalue weighted by Crippen LogP contribution is -2.40. The molecule has 0 radical (unpaired) electrons. The Kier molecular flexibility index (Phi) is 9.57. The van der Waals surface area contributed by atoms with Gasteiger partial charge in [-0.3, -0.25) is 4.90 Å². The molecule has 0 bridgehead atoms. The number of benzene rings is 2. The van der Waals surface area contributed by atoms with Gasteiger partial charge in [0.25, 0.3) is 0 Å². The highest BCUT2D eigenvalue weighted by Gasteiger charge is 2.31. The Morgan fingerprint density at radius 3 is 2.45 bits per heavy atom. The van der Waals surface area contributed by atoms with Crippen LogP contribution >= 0.6 is 0 Å². The summed E-state index contributed by atoms with van der Waals surface area (Å²) in [5.41, 5.74) is 5.32. The van der Waals surface area contributed by atoms with Crippen LogP contribution in [0.3, 0.4) is 0 Å². The number of fused-ring (bicyclic) bond motifs is 2. The number of rotatable bonds is 13. The largest absolute Gasteiger partial charge is 0.487 e. The fraction of sp³-hybridized carbons (Fsp3) is 0.548. The number of ether oxygens (including phenoxy) is 5. The number of hydrogen-bond donors (Lipinski definition) is 1. The van der Waals surface area contributed by atoms with E-state index in [9.17, 15) is 0 Å². The van der Waals surface area contributed by atoms with Crippen molar-refractivity contribution in [2.75, 3.05) is 67.0 Å². The minimum absolute atomic E-state index is 0.327. The first-order chi connectivity index (χ1) is 18.8. The molecule has 1 atom stereocenters. The Hall–Kier alpha value is -2.58. The summed E-state index contributed by atoms with van der Waals surface area (Å²) < 4.78 is 28.4. The first kappa shape index (κ1) is 27.0. The van der Waals surface area contributed by atoms with E-state index in [1.807, 2.05) is 0 Å². The van der Waals surface area contributed by atoms with Gasteiger partial charge in [0.2, 0.25) is 0 Å². The van der Waals surface area contributed by atoms with Crippen molar-refractivity contribution in [3.63, 3.8) is 0 Å². The molecule has 7 heteroatoms. The molecule has 5 rings (SSSR count). The molecule has 206 valence electrons. The highest BCUT2D eigenvalue weighted by atomic mass is 16.5. The van der Waals surface area contributed by atoms with Crippen LogP contribution in [0.4, 0.5) is 0 Å². The molecule has 3 heterocycles. The molecule has 1 N–H and O–H groups in total. The summed E-state index contributed by atoms with van der Waals surface area (Å²) in [6.45, 7) is 6.01. The lowest BCUT2D eigenvalue weighted by atomic mass is 9.87. The van der Waals surface area contributed by atoms with Crippen LogP contribution in [-0.4, -0.2) is 76.8 Å². The number of aromatic nitrogens is 1. The van der Waals surface area contributed by atoms with Gasteiger partial charge in [-0.25, -0.2) is 0 Å². The van der Waals surface area contributed by atoms with Gasteiger partial charge in [0.1, 0.15) is 13.2 Å². The molecule has 2 aromatic carbocycles. The zero-order valence-corrected chi connectivity index (χ0v) is 22.9. The topological polar surface area (TPSA) is 65.2 Å². The van der Waals surface area contributed by atoms with Crippen molar-refractivity contribution in [3.05, 3.63) is 59.3 Å². The second-order valence-electron chi connectivity index (χ2n) is 10.4. The van der Waals surface area contributed by atoms with Gasteiger partial charge in [-0.05, 0) is 72.9 Å². The smallest absolute Gasteiger partial charge is 0.161 e. The number of nitrogens with zero attached hydrogens (tertiary/aromatic N) is 1. The SMILES string of the molecule is COCCOc1cc2c(cc1OCCOC)C(CCc1c[nH]c3ccccc13)N(CC1CCOCC1)CC2. The molecule has 0 aliphatic carbocycles. The first-order valence-corrected chi connectivity index (χ1v) is 14.0. The van der Waals surface area contributed by atoms with Crippen molar-refractivity contribution in [3.8, 4) is 11.5 Å². The molecule has 7 nitrogen and oxygen atoms in total. The van der Waals surface area contributed by atoms with Crippen molar-refractivity contribution in [1.82, 2.24) is 9.88 Å². The average molecular weight is 523 g/mol. The number of nitrogens with one attached hydrogen (secondary N) is 1. The number of para-hydroxylation sites is 1. The minimum Gasteiger partial charge on any atom is -0.487 e. The Labute approximate surface area is 226 Å². The Balaban J connectivity index is 1.43. The molecule has 2 aliphatic rings. The molecule has 1 unspecified atom stereocenters. The van der Waals surface area contributed by atoms with Gasteiger partial charge in [0.15, 0.2) is 11.5 Å². The standard InChI is InChI=1S/C31H42N2O5/c1-34-15-17-37-30-19-24-9-12-33(22-23-10-13-36-14-11-23)29(27(24)20-31(30)38-18-16-35-2)8-7-25-21-32-28-6-4-3-5-26(25)28/h3-6,19-21,23,29,32H,7-18,22H2,1-2H3. The van der Waals surface area contributed by atoms with Crippen molar-refractivity contribution in [1.29, 1.82) is 0 Å². The zero-order chi connectivity index (χ0) is 26.2. The zero-order valence-electron chi connectivity index (χ0n) is 22.9. The highest BCUT2D eigenvalue weighted by Crippen LogP contribution is 2.41.